The molecule has 3 N–H and O–H groups in total. The molecule has 1 saturated heterocycles. The number of rotatable bonds is 5. The standard InChI is InChI=1S/C12H18N2O5/c15-9(16)5-14(6-10(17)18)12(19)11-8-3-1-2-7(8)4-13-11/h7-8,11,13H,1-6H2,(H,15,16)(H,17,18). The summed E-state index contributed by atoms with van der Waals surface area (Å²) >= 11 is 0. The molecule has 1 heterocycles. The Labute approximate surface area is 110 Å². The van der Waals surface area contributed by atoms with Gasteiger partial charge in [-0.15, -0.1) is 0 Å². The van der Waals surface area contributed by atoms with Crippen LogP contribution < -0.4 is 5.32 Å². The predicted molar refractivity (Wildman–Crippen MR) is 64.5 cm³/mol. The minimum absolute atomic E-state index is 0.220. The lowest BCUT2D eigenvalue weighted by atomic mass is 9.93. The number of hydrogen-bond donors (Lipinski definition) is 3. The Hall–Kier alpha value is -1.63. The summed E-state index contributed by atoms with van der Waals surface area (Å²) in [6, 6.07) is -0.425. The van der Waals surface area contributed by atoms with Crippen molar-refractivity contribution in [1.82, 2.24) is 10.2 Å². The van der Waals surface area contributed by atoms with Crippen LogP contribution in [0.5, 0.6) is 0 Å². The van der Waals surface area contributed by atoms with E-state index in [0.29, 0.717) is 5.92 Å². The molecule has 2 aliphatic rings. The maximum absolute atomic E-state index is 12.3. The molecule has 3 unspecified atom stereocenters. The molecular formula is C12H18N2O5. The maximum atomic E-state index is 12.3. The Morgan fingerprint density at radius 1 is 1.11 bits per heavy atom. The maximum Gasteiger partial charge on any atom is 0.323 e. The second kappa shape index (κ2) is 5.56. The second-order valence-corrected chi connectivity index (χ2v) is 5.22. The third kappa shape index (κ3) is 3.04. The van der Waals surface area contributed by atoms with E-state index in [-0.39, 0.29) is 5.92 Å². The Kier molecular flexibility index (Phi) is 4.04. The summed E-state index contributed by atoms with van der Waals surface area (Å²) in [5, 5.41) is 20.6. The van der Waals surface area contributed by atoms with Gasteiger partial charge >= 0.3 is 11.9 Å². The molecule has 2 fully saturated rings. The molecule has 0 aromatic heterocycles. The molecule has 0 aromatic carbocycles. The lowest BCUT2D eigenvalue weighted by Gasteiger charge is -2.25. The zero-order chi connectivity index (χ0) is 14.0. The molecule has 1 amide bonds. The Morgan fingerprint density at radius 3 is 2.32 bits per heavy atom. The third-order valence-corrected chi connectivity index (χ3v) is 3.98. The van der Waals surface area contributed by atoms with Gasteiger partial charge in [-0.25, -0.2) is 0 Å². The first-order valence-electron chi connectivity index (χ1n) is 6.45. The minimum Gasteiger partial charge on any atom is -0.480 e. The number of nitrogens with one attached hydrogen (secondary N) is 1. The first-order chi connectivity index (χ1) is 8.99. The van der Waals surface area contributed by atoms with Crippen molar-refractivity contribution in [2.24, 2.45) is 11.8 Å². The van der Waals surface area contributed by atoms with Crippen molar-refractivity contribution in [2.45, 2.75) is 25.3 Å². The zero-order valence-electron chi connectivity index (χ0n) is 10.5. The van der Waals surface area contributed by atoms with Gasteiger partial charge in [-0.1, -0.05) is 6.42 Å². The molecule has 2 rings (SSSR count). The number of carbonyl (C=O) groups is 3. The fraction of sp³-hybridized carbons (Fsp3) is 0.750. The van der Waals surface area contributed by atoms with Gasteiger partial charge < -0.3 is 20.4 Å². The van der Waals surface area contributed by atoms with E-state index >= 15 is 0 Å². The van der Waals surface area contributed by atoms with Crippen LogP contribution in [0.1, 0.15) is 19.3 Å². The summed E-state index contributed by atoms with van der Waals surface area (Å²) in [5.74, 6) is -2.12. The van der Waals surface area contributed by atoms with Crippen molar-refractivity contribution in [1.29, 1.82) is 0 Å². The average Bonchev–Trinajstić information content (AvgIpc) is 2.87. The van der Waals surface area contributed by atoms with E-state index in [1.54, 1.807) is 0 Å². The molecular weight excluding hydrogens is 252 g/mol. The molecule has 0 bridgehead atoms. The number of amides is 1. The van der Waals surface area contributed by atoms with Crippen molar-refractivity contribution in [3.8, 4) is 0 Å². The molecule has 19 heavy (non-hydrogen) atoms. The van der Waals surface area contributed by atoms with Crippen LogP contribution in [-0.4, -0.2) is 58.6 Å². The number of nitrogens with zero attached hydrogens (tertiary/aromatic N) is 1. The lowest BCUT2D eigenvalue weighted by molar-refractivity contribution is -0.150. The summed E-state index contributed by atoms with van der Waals surface area (Å²) in [5.41, 5.74) is 0. The Balaban J connectivity index is 2.05. The Bertz CT molecular complexity index is 382. The van der Waals surface area contributed by atoms with Gasteiger partial charge in [0.05, 0.1) is 6.04 Å². The average molecular weight is 270 g/mol. The molecule has 3 atom stereocenters. The van der Waals surface area contributed by atoms with Gasteiger partial charge in [0.25, 0.3) is 0 Å². The highest BCUT2D eigenvalue weighted by Gasteiger charge is 2.44. The van der Waals surface area contributed by atoms with E-state index in [2.05, 4.69) is 5.32 Å². The first kappa shape index (κ1) is 13.8. The summed E-state index contributed by atoms with van der Waals surface area (Å²) in [7, 11) is 0. The van der Waals surface area contributed by atoms with E-state index in [0.717, 1.165) is 30.7 Å². The SMILES string of the molecule is O=C(O)CN(CC(=O)O)C(=O)C1NCC2CCCC21. The van der Waals surface area contributed by atoms with Gasteiger partial charge in [-0.2, -0.15) is 0 Å². The minimum atomic E-state index is -1.20. The van der Waals surface area contributed by atoms with Gasteiger partial charge in [0.2, 0.25) is 5.91 Å². The number of carboxylic acid groups (broad SMARTS) is 2. The first-order valence-corrected chi connectivity index (χ1v) is 6.45. The van der Waals surface area contributed by atoms with Crippen LogP contribution >= 0.6 is 0 Å². The van der Waals surface area contributed by atoms with Crippen molar-refractivity contribution >= 4 is 17.8 Å². The summed E-state index contributed by atoms with van der Waals surface area (Å²) in [6.45, 7) is -0.379. The normalized spacial score (nSPS) is 28.9. The highest BCUT2D eigenvalue weighted by Crippen LogP contribution is 2.38. The molecule has 7 heteroatoms. The molecule has 7 nitrogen and oxygen atoms in total. The van der Waals surface area contributed by atoms with E-state index in [4.69, 9.17) is 10.2 Å². The van der Waals surface area contributed by atoms with E-state index in [1.165, 1.54) is 0 Å². The fourth-order valence-corrected chi connectivity index (χ4v) is 3.19. The molecule has 1 aliphatic heterocycles. The van der Waals surface area contributed by atoms with Crippen LogP contribution in [0.25, 0.3) is 0 Å². The highest BCUT2D eigenvalue weighted by molar-refractivity contribution is 5.88. The van der Waals surface area contributed by atoms with Gasteiger partial charge in [-0.05, 0) is 31.2 Å². The van der Waals surface area contributed by atoms with E-state index in [9.17, 15) is 14.4 Å². The van der Waals surface area contributed by atoms with Crippen LogP contribution in [0.15, 0.2) is 0 Å². The van der Waals surface area contributed by atoms with E-state index in [1.807, 2.05) is 0 Å². The molecule has 0 spiro atoms. The smallest absolute Gasteiger partial charge is 0.323 e. The highest BCUT2D eigenvalue weighted by atomic mass is 16.4. The summed E-state index contributed by atoms with van der Waals surface area (Å²) in [4.78, 5) is 34.7. The lowest BCUT2D eigenvalue weighted by Crippen LogP contribution is -2.49. The number of carboxylic acids is 2. The molecule has 0 radical (unpaired) electrons. The van der Waals surface area contributed by atoms with Crippen LogP contribution in [-0.2, 0) is 14.4 Å². The van der Waals surface area contributed by atoms with E-state index < -0.39 is 37.0 Å². The van der Waals surface area contributed by atoms with Gasteiger partial charge in [-0.3, -0.25) is 14.4 Å². The van der Waals surface area contributed by atoms with Crippen molar-refractivity contribution in [2.75, 3.05) is 19.6 Å². The number of carbonyl (C=O) groups excluding carboxylic acids is 1. The number of hydrogen-bond acceptors (Lipinski definition) is 4. The quantitative estimate of drug-likeness (QED) is 0.614. The largest absolute Gasteiger partial charge is 0.480 e. The summed E-state index contributed by atoms with van der Waals surface area (Å²) in [6.07, 6.45) is 3.11. The van der Waals surface area contributed by atoms with Gasteiger partial charge in [0.15, 0.2) is 0 Å². The summed E-state index contributed by atoms with van der Waals surface area (Å²) < 4.78 is 0. The number of aliphatic carboxylic acids is 2. The van der Waals surface area contributed by atoms with Crippen LogP contribution in [0.3, 0.4) is 0 Å². The fourth-order valence-electron chi connectivity index (χ4n) is 3.19. The van der Waals surface area contributed by atoms with Gasteiger partial charge in [0.1, 0.15) is 13.1 Å². The molecule has 1 saturated carbocycles. The van der Waals surface area contributed by atoms with Crippen molar-refractivity contribution in [3.63, 3.8) is 0 Å². The van der Waals surface area contributed by atoms with Crippen LogP contribution in [0, 0.1) is 11.8 Å². The molecule has 1 aliphatic carbocycles. The number of fused-ring (bicyclic) bond motifs is 1. The van der Waals surface area contributed by atoms with Crippen LogP contribution in [0.2, 0.25) is 0 Å². The molecule has 106 valence electrons. The van der Waals surface area contributed by atoms with Crippen molar-refractivity contribution in [3.05, 3.63) is 0 Å². The molecule has 0 aromatic rings. The monoisotopic (exact) mass is 270 g/mol. The topological polar surface area (TPSA) is 107 Å². The predicted octanol–water partition coefficient (Wildman–Crippen LogP) is -0.628. The van der Waals surface area contributed by atoms with Crippen LogP contribution in [0.4, 0.5) is 0 Å². The van der Waals surface area contributed by atoms with Crippen molar-refractivity contribution < 1.29 is 24.6 Å². The zero-order valence-corrected chi connectivity index (χ0v) is 10.5. The third-order valence-electron chi connectivity index (χ3n) is 3.98. The Morgan fingerprint density at radius 2 is 1.74 bits per heavy atom. The second-order valence-electron chi connectivity index (χ2n) is 5.22. The van der Waals surface area contributed by atoms with Gasteiger partial charge in [0, 0.05) is 0 Å².